The number of aryl methyl sites for hydroxylation is 2. The Kier molecular flexibility index (Phi) is 4.32. The van der Waals surface area contributed by atoms with Gasteiger partial charge in [-0.3, -0.25) is 9.89 Å². The molecule has 4 nitrogen and oxygen atoms in total. The van der Waals surface area contributed by atoms with E-state index in [9.17, 15) is 4.79 Å². The van der Waals surface area contributed by atoms with Crippen molar-refractivity contribution < 1.29 is 4.79 Å². The van der Waals surface area contributed by atoms with Gasteiger partial charge in [0, 0.05) is 6.42 Å². The van der Waals surface area contributed by atoms with E-state index < -0.39 is 0 Å². The second kappa shape index (κ2) is 5.34. The fourth-order valence-corrected chi connectivity index (χ4v) is 1.75. The molecular formula is C13H23N3O. The van der Waals surface area contributed by atoms with Gasteiger partial charge in [0.05, 0.1) is 17.1 Å². The molecule has 0 aromatic carbocycles. The van der Waals surface area contributed by atoms with Crippen molar-refractivity contribution in [2.45, 2.75) is 53.9 Å². The van der Waals surface area contributed by atoms with Crippen molar-refractivity contribution in [2.75, 3.05) is 5.32 Å². The Hall–Kier alpha value is -1.32. The highest BCUT2D eigenvalue weighted by atomic mass is 16.1. The first kappa shape index (κ1) is 13.7. The molecule has 17 heavy (non-hydrogen) atoms. The molecule has 1 amide bonds. The monoisotopic (exact) mass is 237 g/mol. The van der Waals surface area contributed by atoms with Crippen LogP contribution < -0.4 is 5.32 Å². The molecule has 4 heteroatoms. The number of rotatable bonds is 4. The van der Waals surface area contributed by atoms with Crippen LogP contribution in [0.1, 0.15) is 52.4 Å². The number of H-pyrrole nitrogens is 1. The average molecular weight is 237 g/mol. The molecular weight excluding hydrogens is 214 g/mol. The first-order valence-corrected chi connectivity index (χ1v) is 6.23. The Labute approximate surface area is 103 Å². The van der Waals surface area contributed by atoms with E-state index in [1.807, 2.05) is 13.8 Å². The van der Waals surface area contributed by atoms with E-state index in [0.717, 1.165) is 29.9 Å². The van der Waals surface area contributed by atoms with Crippen LogP contribution >= 0.6 is 0 Å². The van der Waals surface area contributed by atoms with E-state index in [1.165, 1.54) is 0 Å². The van der Waals surface area contributed by atoms with Gasteiger partial charge in [0.2, 0.25) is 5.91 Å². The summed E-state index contributed by atoms with van der Waals surface area (Å²) in [7, 11) is 0. The zero-order chi connectivity index (χ0) is 13.1. The summed E-state index contributed by atoms with van der Waals surface area (Å²) in [4.78, 5) is 11.9. The van der Waals surface area contributed by atoms with Crippen molar-refractivity contribution in [3.63, 3.8) is 0 Å². The average Bonchev–Trinajstić information content (AvgIpc) is 2.57. The summed E-state index contributed by atoms with van der Waals surface area (Å²) in [5.74, 6) is 0.0586. The molecule has 96 valence electrons. The van der Waals surface area contributed by atoms with Gasteiger partial charge >= 0.3 is 0 Å². The summed E-state index contributed by atoms with van der Waals surface area (Å²) in [6, 6.07) is 0. The van der Waals surface area contributed by atoms with Crippen LogP contribution in [0.15, 0.2) is 0 Å². The molecule has 0 saturated heterocycles. The zero-order valence-electron chi connectivity index (χ0n) is 11.5. The fourth-order valence-electron chi connectivity index (χ4n) is 1.75. The summed E-state index contributed by atoms with van der Waals surface area (Å²) in [6.07, 6.45) is 2.18. The third-order valence-corrected chi connectivity index (χ3v) is 2.56. The summed E-state index contributed by atoms with van der Waals surface area (Å²) in [5, 5.41) is 10.2. The first-order chi connectivity index (χ1) is 7.87. The summed E-state index contributed by atoms with van der Waals surface area (Å²) in [5.41, 5.74) is 2.82. The number of nitrogens with one attached hydrogen (secondary N) is 2. The van der Waals surface area contributed by atoms with E-state index in [1.54, 1.807) is 0 Å². The Bertz CT molecular complexity index is 366. The van der Waals surface area contributed by atoms with E-state index >= 15 is 0 Å². The van der Waals surface area contributed by atoms with Crippen LogP contribution in [0.5, 0.6) is 0 Å². The molecule has 0 atom stereocenters. The predicted molar refractivity (Wildman–Crippen MR) is 70.0 cm³/mol. The van der Waals surface area contributed by atoms with Gasteiger partial charge in [0.15, 0.2) is 0 Å². The van der Waals surface area contributed by atoms with Crippen molar-refractivity contribution >= 4 is 11.6 Å². The third kappa shape index (κ3) is 3.88. The lowest BCUT2D eigenvalue weighted by Crippen LogP contribution is -2.20. The van der Waals surface area contributed by atoms with Gasteiger partial charge in [-0.2, -0.15) is 5.10 Å². The van der Waals surface area contributed by atoms with E-state index in [4.69, 9.17) is 0 Å². The van der Waals surface area contributed by atoms with Gasteiger partial charge in [0.1, 0.15) is 0 Å². The summed E-state index contributed by atoms with van der Waals surface area (Å²) < 4.78 is 0. The van der Waals surface area contributed by atoms with Crippen LogP contribution in [0.4, 0.5) is 5.69 Å². The van der Waals surface area contributed by atoms with Crippen LogP contribution in [0.25, 0.3) is 0 Å². The molecule has 0 bridgehead atoms. The maximum Gasteiger partial charge on any atom is 0.224 e. The lowest BCUT2D eigenvalue weighted by molar-refractivity contribution is -0.117. The molecule has 2 N–H and O–H groups in total. The highest BCUT2D eigenvalue weighted by Crippen LogP contribution is 2.23. The number of aromatic nitrogens is 2. The van der Waals surface area contributed by atoms with Crippen LogP contribution in [0, 0.1) is 5.41 Å². The van der Waals surface area contributed by atoms with Gasteiger partial charge in [0.25, 0.3) is 0 Å². The molecule has 1 aromatic rings. The van der Waals surface area contributed by atoms with Crippen LogP contribution in [-0.2, 0) is 17.6 Å². The number of hydrogen-bond acceptors (Lipinski definition) is 2. The zero-order valence-corrected chi connectivity index (χ0v) is 11.5. The topological polar surface area (TPSA) is 57.8 Å². The molecule has 1 rings (SSSR count). The lowest BCUT2D eigenvalue weighted by atomic mass is 9.92. The molecule has 1 heterocycles. The third-order valence-electron chi connectivity index (χ3n) is 2.56. The number of amides is 1. The highest BCUT2D eigenvalue weighted by Gasteiger charge is 2.19. The Balaban J connectivity index is 2.80. The Morgan fingerprint density at radius 2 is 1.94 bits per heavy atom. The molecule has 0 saturated carbocycles. The number of anilines is 1. The number of aromatic amines is 1. The molecule has 1 aromatic heterocycles. The second-order valence-electron chi connectivity index (χ2n) is 5.52. The number of nitrogens with zero attached hydrogens (tertiary/aromatic N) is 1. The smallest absolute Gasteiger partial charge is 0.224 e. The van der Waals surface area contributed by atoms with Crippen molar-refractivity contribution in [1.29, 1.82) is 0 Å². The number of carbonyl (C=O) groups excluding carboxylic acids is 1. The number of carbonyl (C=O) groups is 1. The van der Waals surface area contributed by atoms with Crippen molar-refractivity contribution in [3.8, 4) is 0 Å². The molecule has 0 aliphatic rings. The molecule has 0 unspecified atom stereocenters. The van der Waals surface area contributed by atoms with Crippen molar-refractivity contribution in [3.05, 3.63) is 11.4 Å². The first-order valence-electron chi connectivity index (χ1n) is 6.23. The Morgan fingerprint density at radius 1 is 1.29 bits per heavy atom. The maximum atomic E-state index is 11.9. The minimum atomic E-state index is 0.00652. The predicted octanol–water partition coefficient (Wildman–Crippen LogP) is 2.91. The SMILES string of the molecule is CCc1n[nH]c(CC)c1NC(=O)CC(C)(C)C. The van der Waals surface area contributed by atoms with E-state index in [-0.39, 0.29) is 11.3 Å². The van der Waals surface area contributed by atoms with Crippen molar-refractivity contribution in [2.24, 2.45) is 5.41 Å². The number of hydrogen-bond donors (Lipinski definition) is 2. The van der Waals surface area contributed by atoms with Crippen LogP contribution in [-0.4, -0.2) is 16.1 Å². The quantitative estimate of drug-likeness (QED) is 0.846. The van der Waals surface area contributed by atoms with Gasteiger partial charge < -0.3 is 5.32 Å². The van der Waals surface area contributed by atoms with Gasteiger partial charge in [-0.15, -0.1) is 0 Å². The Morgan fingerprint density at radius 3 is 2.41 bits per heavy atom. The summed E-state index contributed by atoms with van der Waals surface area (Å²) >= 11 is 0. The molecule has 0 spiro atoms. The molecule has 0 fully saturated rings. The molecule has 0 aliphatic heterocycles. The van der Waals surface area contributed by atoms with Gasteiger partial charge in [-0.05, 0) is 18.3 Å². The van der Waals surface area contributed by atoms with Gasteiger partial charge in [-0.1, -0.05) is 34.6 Å². The standard InChI is InChI=1S/C13H23N3O/c1-6-9-12(10(7-2)16-15-9)14-11(17)8-13(3,4)5/h6-8H2,1-5H3,(H,14,17)(H,15,16). The largest absolute Gasteiger partial charge is 0.323 e. The van der Waals surface area contributed by atoms with Gasteiger partial charge in [-0.25, -0.2) is 0 Å². The fraction of sp³-hybridized carbons (Fsp3) is 0.692. The van der Waals surface area contributed by atoms with Crippen LogP contribution in [0.2, 0.25) is 0 Å². The molecule has 0 radical (unpaired) electrons. The van der Waals surface area contributed by atoms with Crippen molar-refractivity contribution in [1.82, 2.24) is 10.2 Å². The van der Waals surface area contributed by atoms with E-state index in [0.29, 0.717) is 6.42 Å². The lowest BCUT2D eigenvalue weighted by Gasteiger charge is -2.17. The summed E-state index contributed by atoms with van der Waals surface area (Å²) in [6.45, 7) is 10.3. The minimum Gasteiger partial charge on any atom is -0.323 e. The molecule has 0 aliphatic carbocycles. The van der Waals surface area contributed by atoms with Crippen LogP contribution in [0.3, 0.4) is 0 Å². The minimum absolute atomic E-state index is 0.00652. The highest BCUT2D eigenvalue weighted by molar-refractivity contribution is 5.92. The normalized spacial score (nSPS) is 11.6. The van der Waals surface area contributed by atoms with E-state index in [2.05, 4.69) is 36.3 Å². The second-order valence-corrected chi connectivity index (χ2v) is 5.52. The maximum absolute atomic E-state index is 11.9.